The number of aliphatic carboxylic acids is 1. The fraction of sp³-hybridized carbons (Fsp3) is 0.290. The number of hydrogen-bond donors (Lipinski definition) is 4. The Morgan fingerprint density at radius 2 is 1.13 bits per heavy atom. The number of aromatic nitrogens is 6. The van der Waals surface area contributed by atoms with Crippen molar-refractivity contribution in [3.05, 3.63) is 188 Å². The molecule has 474 valence electrons. The van der Waals surface area contributed by atoms with Crippen molar-refractivity contribution < 1.29 is 47.9 Å². The molecular formula is C69H78N12O10. The Hall–Kier alpha value is -10.5. The number of carbonyl (C=O) groups excluding carboxylic acids is 2. The molecule has 2 amide bonds. The van der Waals surface area contributed by atoms with Gasteiger partial charge in [0.25, 0.3) is 0 Å². The summed E-state index contributed by atoms with van der Waals surface area (Å²) in [4.78, 5) is 51.7. The highest BCUT2D eigenvalue weighted by atomic mass is 16.6. The van der Waals surface area contributed by atoms with Crippen molar-refractivity contribution >= 4 is 51.7 Å². The molecule has 5 aromatic carbocycles. The van der Waals surface area contributed by atoms with Gasteiger partial charge >= 0.3 is 12.1 Å². The number of nitrogens with zero attached hydrogens (tertiary/aromatic N) is 9. The number of carboxylic acids is 1. The molecule has 0 saturated carbocycles. The molecule has 0 aliphatic carbocycles. The number of pyridine rings is 2. The third kappa shape index (κ3) is 19.3. The fourth-order valence-corrected chi connectivity index (χ4v) is 9.76. The Labute approximate surface area is 529 Å². The van der Waals surface area contributed by atoms with Crippen LogP contribution < -0.4 is 34.3 Å². The van der Waals surface area contributed by atoms with Crippen LogP contribution in [0.25, 0.3) is 22.1 Å². The van der Waals surface area contributed by atoms with Crippen molar-refractivity contribution in [2.75, 3.05) is 85.2 Å². The molecule has 2 fully saturated rings. The minimum absolute atomic E-state index is 0.0271. The number of carbonyl (C=O) groups is 3. The first-order valence-electron chi connectivity index (χ1n) is 29.9. The van der Waals surface area contributed by atoms with Crippen LogP contribution in [0, 0.1) is 0 Å². The number of benzene rings is 5. The molecule has 9 aromatic rings. The number of ether oxygens (including phenoxy) is 6. The van der Waals surface area contributed by atoms with E-state index >= 15 is 0 Å². The molecule has 91 heavy (non-hydrogen) atoms. The molecule has 0 bridgehead atoms. The minimum atomic E-state index is -0.892. The molecule has 0 unspecified atom stereocenters. The van der Waals surface area contributed by atoms with Crippen molar-refractivity contribution in [2.24, 2.45) is 0 Å². The molecule has 6 heterocycles. The third-order valence-electron chi connectivity index (χ3n) is 14.0. The summed E-state index contributed by atoms with van der Waals surface area (Å²) in [6.07, 6.45) is 10.9. The average molecular weight is 1240 g/mol. The van der Waals surface area contributed by atoms with Gasteiger partial charge in [-0.2, -0.15) is 10.2 Å². The van der Waals surface area contributed by atoms with E-state index in [9.17, 15) is 14.4 Å². The lowest BCUT2D eigenvalue weighted by Gasteiger charge is -2.24. The lowest BCUT2D eigenvalue weighted by molar-refractivity contribution is -0.131. The maximum absolute atomic E-state index is 12.7. The summed E-state index contributed by atoms with van der Waals surface area (Å²) in [5.41, 5.74) is 1.78. The van der Waals surface area contributed by atoms with Crippen molar-refractivity contribution in [3.63, 3.8) is 0 Å². The summed E-state index contributed by atoms with van der Waals surface area (Å²) in [6.45, 7) is 9.90. The number of amides is 2. The zero-order chi connectivity index (χ0) is 64.3. The summed E-state index contributed by atoms with van der Waals surface area (Å²) < 4.78 is 37.5. The maximum Gasteiger partial charge on any atom is 0.410 e. The van der Waals surface area contributed by atoms with Gasteiger partial charge in [-0.05, 0) is 128 Å². The number of anilines is 2. The number of hydrogen-bond acceptors (Lipinski definition) is 17. The summed E-state index contributed by atoms with van der Waals surface area (Å²) in [6, 6.07) is 45.8. The molecule has 22 heteroatoms. The van der Waals surface area contributed by atoms with Crippen molar-refractivity contribution in [1.29, 1.82) is 0 Å². The van der Waals surface area contributed by atoms with Gasteiger partial charge < -0.3 is 63.8 Å². The van der Waals surface area contributed by atoms with Crippen LogP contribution in [0.15, 0.2) is 182 Å². The topological polar surface area (TPSA) is 236 Å². The van der Waals surface area contributed by atoms with Gasteiger partial charge in [-0.3, -0.25) is 9.89 Å². The molecule has 2 aliphatic rings. The number of likely N-dealkylation sites (tertiary alicyclic amines) is 2. The zero-order valence-electron chi connectivity index (χ0n) is 52.5. The molecule has 0 spiro atoms. The van der Waals surface area contributed by atoms with Gasteiger partial charge in [-0.15, -0.1) is 0 Å². The highest BCUT2D eigenvalue weighted by Gasteiger charge is 2.32. The van der Waals surface area contributed by atoms with Crippen LogP contribution in [0.3, 0.4) is 0 Å². The number of H-pyrrole nitrogens is 1. The van der Waals surface area contributed by atoms with Gasteiger partial charge in [0.2, 0.25) is 5.91 Å². The van der Waals surface area contributed by atoms with Crippen molar-refractivity contribution in [3.8, 4) is 51.7 Å². The number of nitrogens with one attached hydrogen (secondary N) is 3. The smallest absolute Gasteiger partial charge is 0.410 e. The Morgan fingerprint density at radius 1 is 0.615 bits per heavy atom. The van der Waals surface area contributed by atoms with Crippen LogP contribution in [-0.2, 0) is 20.9 Å². The van der Waals surface area contributed by atoms with E-state index in [2.05, 4.69) is 25.8 Å². The summed E-state index contributed by atoms with van der Waals surface area (Å²) in [5.74, 6) is 6.50. The third-order valence-corrected chi connectivity index (χ3v) is 14.0. The predicted molar refractivity (Wildman–Crippen MR) is 351 cm³/mol. The Bertz CT molecular complexity index is 3910. The normalized spacial score (nSPS) is 14.7. The highest BCUT2D eigenvalue weighted by molar-refractivity contribution is 5.94. The van der Waals surface area contributed by atoms with E-state index in [4.69, 9.17) is 43.6 Å². The van der Waals surface area contributed by atoms with Gasteiger partial charge in [0.05, 0.1) is 13.7 Å². The number of likely N-dealkylation sites (N-methyl/N-ethyl adjacent to an activating group) is 2. The quantitative estimate of drug-likeness (QED) is 0.0489. The van der Waals surface area contributed by atoms with Gasteiger partial charge in [0, 0.05) is 100 Å². The van der Waals surface area contributed by atoms with Crippen LogP contribution in [-0.4, -0.2) is 165 Å². The number of carboxylic acid groups (broad SMARTS) is 1. The molecule has 0 radical (unpaired) electrons. The molecule has 2 aliphatic heterocycles. The van der Waals surface area contributed by atoms with E-state index in [0.29, 0.717) is 96.7 Å². The second-order valence-electron chi connectivity index (χ2n) is 23.1. The number of para-hydroxylation sites is 2. The van der Waals surface area contributed by atoms with E-state index in [-0.39, 0.29) is 24.1 Å². The SMILES string of the molecule is CN(C)C/C=C/C(=O)N1CC[C@@H](Nc2n[nH]c3nccc(Oc4cccc(Oc5ccccc5)c4)c23)C1.CN(C)C/C=C/C(=O)O.COc1ccc(Cn2nc(N[C@@H]3CCN(C(=O)OC(C)(C)C)C3)c3c(Oc4cccc(Oc5ccccc5)c4)ccnc32)cc1. The number of rotatable bonds is 21. The molecule has 4 aromatic heterocycles. The predicted octanol–water partition coefficient (Wildman–Crippen LogP) is 12.4. The first-order chi connectivity index (χ1) is 43.9. The van der Waals surface area contributed by atoms with Crippen LogP contribution in [0.2, 0.25) is 0 Å². The Balaban J connectivity index is 0.000000192. The van der Waals surface area contributed by atoms with E-state index in [0.717, 1.165) is 59.0 Å². The van der Waals surface area contributed by atoms with Crippen LogP contribution in [0.1, 0.15) is 39.2 Å². The van der Waals surface area contributed by atoms with Crippen molar-refractivity contribution in [2.45, 2.75) is 57.8 Å². The summed E-state index contributed by atoms with van der Waals surface area (Å²) >= 11 is 0. The van der Waals surface area contributed by atoms with Gasteiger partial charge in [0.1, 0.15) is 68.1 Å². The zero-order valence-corrected chi connectivity index (χ0v) is 52.5. The number of fused-ring (bicyclic) bond motifs is 2. The molecular weight excluding hydrogens is 1160 g/mol. The molecule has 22 nitrogen and oxygen atoms in total. The van der Waals surface area contributed by atoms with Gasteiger partial charge in [-0.1, -0.05) is 72.8 Å². The van der Waals surface area contributed by atoms with Crippen molar-refractivity contribution in [1.82, 2.24) is 49.5 Å². The molecule has 2 atom stereocenters. The number of methoxy groups -OCH3 is 1. The van der Waals surface area contributed by atoms with Gasteiger partial charge in [-0.25, -0.2) is 24.2 Å². The Morgan fingerprint density at radius 3 is 1.69 bits per heavy atom. The highest BCUT2D eigenvalue weighted by Crippen LogP contribution is 2.38. The summed E-state index contributed by atoms with van der Waals surface area (Å²) in [7, 11) is 9.36. The Kier molecular flexibility index (Phi) is 22.2. The lowest BCUT2D eigenvalue weighted by Crippen LogP contribution is -2.36. The average Bonchev–Trinajstić information content (AvgIpc) is 1.75. The van der Waals surface area contributed by atoms with Crippen LogP contribution in [0.5, 0.6) is 51.7 Å². The standard InChI is InChI=1S/C35H37N5O5.C28H30N6O3.C6H11NO2/c1-35(2,3)45-34(41)39-20-18-25(23-39)37-32-31-30(44-29-12-8-11-28(21-29)43-27-9-6-5-7-10-27)17-19-36-33(31)40(38-32)22-24-13-15-26(42-4)16-14-24;1-33(2)16-7-12-25(35)34-17-14-20(19-34)30-28-26-24(13-15-29-27(26)31-32-28)37-23-11-6-10-22(18-23)36-21-8-4-3-5-9-21;1-7(2)5-3-4-6(8)9/h5-17,19,21,25H,18,20,22-23H2,1-4H3,(H,37,38);3-13,15,18,20H,14,16-17,19H2,1-2H3,(H2,29,30,31,32);3-4H,5H2,1-2H3,(H,8,9)/b;12-7+;4-3+/t25-;20-;/m11./s1. The molecule has 4 N–H and O–H groups in total. The first-order valence-corrected chi connectivity index (χ1v) is 29.9. The molecule has 2 saturated heterocycles. The monoisotopic (exact) mass is 1230 g/mol. The second kappa shape index (κ2) is 31.1. The van der Waals surface area contributed by atoms with Crippen LogP contribution in [0.4, 0.5) is 16.4 Å². The van der Waals surface area contributed by atoms with E-state index in [1.165, 1.54) is 0 Å². The second-order valence-corrected chi connectivity index (χ2v) is 23.1. The van der Waals surface area contributed by atoms with E-state index < -0.39 is 11.6 Å². The first kappa shape index (κ1) is 65.0. The van der Waals surface area contributed by atoms with Gasteiger partial charge in [0.15, 0.2) is 22.9 Å². The largest absolute Gasteiger partial charge is 0.497 e. The maximum atomic E-state index is 12.7. The summed E-state index contributed by atoms with van der Waals surface area (Å²) in [5, 5.41) is 29.1. The lowest BCUT2D eigenvalue weighted by atomic mass is 10.2. The number of aromatic amines is 1. The minimum Gasteiger partial charge on any atom is -0.497 e. The van der Waals surface area contributed by atoms with Crippen LogP contribution >= 0.6 is 0 Å². The van der Waals surface area contributed by atoms with E-state index in [1.807, 2.05) is 220 Å². The fourth-order valence-electron chi connectivity index (χ4n) is 9.76. The van der Waals surface area contributed by atoms with E-state index in [1.54, 1.807) is 36.6 Å². The molecule has 11 rings (SSSR count).